The Kier molecular flexibility index (Phi) is 3.59. The maximum Gasteiger partial charge on any atom is 0.150 e. The van der Waals surface area contributed by atoms with Crippen molar-refractivity contribution in [2.75, 3.05) is 13.1 Å². The van der Waals surface area contributed by atoms with Crippen LogP contribution in [-0.2, 0) is 6.54 Å². The standard InChI is InChI=1S/C14H18N2O/c1-3-16(4-2)10-12-8-7-11-6-5-9-15-13(11)14(12)17/h5-9,17H,3-4,10H2,1-2H3/p+1. The fourth-order valence-electron chi connectivity index (χ4n) is 2.08. The summed E-state index contributed by atoms with van der Waals surface area (Å²) in [6, 6.07) is 7.89. The van der Waals surface area contributed by atoms with Crippen molar-refractivity contribution >= 4 is 10.9 Å². The van der Waals surface area contributed by atoms with Gasteiger partial charge < -0.3 is 10.0 Å². The van der Waals surface area contributed by atoms with Crippen LogP contribution in [0.1, 0.15) is 19.4 Å². The average molecular weight is 231 g/mol. The monoisotopic (exact) mass is 231 g/mol. The summed E-state index contributed by atoms with van der Waals surface area (Å²) in [7, 11) is 0. The number of phenolic OH excluding ortho intramolecular Hbond substituents is 1. The Morgan fingerprint density at radius 2 is 1.94 bits per heavy atom. The molecule has 0 aliphatic heterocycles. The molecule has 2 aromatic rings. The van der Waals surface area contributed by atoms with Gasteiger partial charge in [-0.05, 0) is 26.0 Å². The van der Waals surface area contributed by atoms with Gasteiger partial charge in [0.05, 0.1) is 18.7 Å². The number of hydrogen-bond acceptors (Lipinski definition) is 2. The van der Waals surface area contributed by atoms with E-state index in [1.54, 1.807) is 6.20 Å². The summed E-state index contributed by atoms with van der Waals surface area (Å²) in [5.41, 5.74) is 1.69. The van der Waals surface area contributed by atoms with E-state index in [9.17, 15) is 5.11 Å². The molecule has 1 heterocycles. The number of nitrogens with zero attached hydrogens (tertiary/aromatic N) is 1. The van der Waals surface area contributed by atoms with Crippen LogP contribution < -0.4 is 4.90 Å². The summed E-state index contributed by atoms with van der Waals surface area (Å²) in [5.74, 6) is 0.336. The Labute approximate surface area is 102 Å². The molecule has 0 saturated heterocycles. The second-order valence-electron chi connectivity index (χ2n) is 4.28. The normalized spacial score (nSPS) is 11.2. The third-order valence-electron chi connectivity index (χ3n) is 3.27. The van der Waals surface area contributed by atoms with Gasteiger partial charge >= 0.3 is 0 Å². The minimum atomic E-state index is 0.336. The van der Waals surface area contributed by atoms with Crippen LogP contribution in [0.5, 0.6) is 5.75 Å². The smallest absolute Gasteiger partial charge is 0.150 e. The van der Waals surface area contributed by atoms with E-state index in [0.717, 1.165) is 30.6 Å². The molecule has 17 heavy (non-hydrogen) atoms. The highest BCUT2D eigenvalue weighted by Gasteiger charge is 2.11. The van der Waals surface area contributed by atoms with Gasteiger partial charge in [-0.1, -0.05) is 12.1 Å². The van der Waals surface area contributed by atoms with Crippen LogP contribution in [0.4, 0.5) is 0 Å². The number of fused-ring (bicyclic) bond motifs is 1. The summed E-state index contributed by atoms with van der Waals surface area (Å²) >= 11 is 0. The predicted octanol–water partition coefficient (Wildman–Crippen LogP) is 1.37. The minimum Gasteiger partial charge on any atom is -0.505 e. The van der Waals surface area contributed by atoms with Crippen LogP contribution in [0.25, 0.3) is 10.9 Å². The zero-order valence-corrected chi connectivity index (χ0v) is 10.4. The van der Waals surface area contributed by atoms with Crippen LogP contribution in [0, 0.1) is 0 Å². The molecule has 3 nitrogen and oxygen atoms in total. The summed E-state index contributed by atoms with van der Waals surface area (Å²) in [6.07, 6.45) is 1.72. The molecule has 1 aromatic heterocycles. The summed E-state index contributed by atoms with van der Waals surface area (Å²) in [6.45, 7) is 7.31. The quantitative estimate of drug-likeness (QED) is 0.834. The molecule has 0 aliphatic rings. The molecule has 0 fully saturated rings. The van der Waals surface area contributed by atoms with Crippen molar-refractivity contribution < 1.29 is 10.0 Å². The second kappa shape index (κ2) is 5.15. The molecule has 1 aromatic carbocycles. The van der Waals surface area contributed by atoms with Crippen LogP contribution in [0.15, 0.2) is 30.5 Å². The van der Waals surface area contributed by atoms with Gasteiger partial charge in [-0.15, -0.1) is 0 Å². The fraction of sp³-hybridized carbons (Fsp3) is 0.357. The van der Waals surface area contributed by atoms with Gasteiger partial charge in [0, 0.05) is 11.6 Å². The zero-order valence-electron chi connectivity index (χ0n) is 10.4. The SMILES string of the molecule is CC[NH+](CC)Cc1ccc2cccnc2c1O. The van der Waals surface area contributed by atoms with Gasteiger partial charge in [0.1, 0.15) is 12.1 Å². The lowest BCUT2D eigenvalue weighted by Gasteiger charge is -2.16. The number of nitrogens with one attached hydrogen (secondary N) is 1. The van der Waals surface area contributed by atoms with Gasteiger partial charge in [-0.3, -0.25) is 4.98 Å². The zero-order chi connectivity index (χ0) is 12.3. The maximum absolute atomic E-state index is 10.2. The van der Waals surface area contributed by atoms with Crippen LogP contribution in [-0.4, -0.2) is 23.2 Å². The van der Waals surface area contributed by atoms with Crippen LogP contribution in [0.2, 0.25) is 0 Å². The highest BCUT2D eigenvalue weighted by molar-refractivity contribution is 5.85. The minimum absolute atomic E-state index is 0.336. The average Bonchev–Trinajstić information content (AvgIpc) is 2.38. The molecule has 90 valence electrons. The first-order valence-electron chi connectivity index (χ1n) is 6.15. The fourth-order valence-corrected chi connectivity index (χ4v) is 2.08. The van der Waals surface area contributed by atoms with Gasteiger partial charge in [0.15, 0.2) is 5.75 Å². The van der Waals surface area contributed by atoms with Crippen molar-refractivity contribution in [1.82, 2.24) is 4.98 Å². The van der Waals surface area contributed by atoms with Crippen molar-refractivity contribution in [3.05, 3.63) is 36.0 Å². The van der Waals surface area contributed by atoms with E-state index >= 15 is 0 Å². The Morgan fingerprint density at radius 3 is 2.65 bits per heavy atom. The molecule has 0 spiro atoms. The van der Waals surface area contributed by atoms with E-state index in [-0.39, 0.29) is 0 Å². The largest absolute Gasteiger partial charge is 0.505 e. The van der Waals surface area contributed by atoms with Crippen molar-refractivity contribution in [1.29, 1.82) is 0 Å². The molecule has 0 unspecified atom stereocenters. The molecule has 0 saturated carbocycles. The third kappa shape index (κ3) is 2.39. The number of rotatable bonds is 4. The maximum atomic E-state index is 10.2. The molecule has 2 N–H and O–H groups in total. The topological polar surface area (TPSA) is 37.6 Å². The number of benzene rings is 1. The molecule has 0 bridgehead atoms. The molecule has 0 atom stereocenters. The number of aromatic hydroxyl groups is 1. The second-order valence-corrected chi connectivity index (χ2v) is 4.28. The van der Waals surface area contributed by atoms with E-state index in [1.807, 2.05) is 24.3 Å². The van der Waals surface area contributed by atoms with E-state index in [4.69, 9.17) is 0 Å². The predicted molar refractivity (Wildman–Crippen MR) is 69.2 cm³/mol. The van der Waals surface area contributed by atoms with Gasteiger partial charge in [0.25, 0.3) is 0 Å². The highest BCUT2D eigenvalue weighted by atomic mass is 16.3. The summed E-state index contributed by atoms with van der Waals surface area (Å²) in [5, 5.41) is 11.2. The first kappa shape index (κ1) is 11.9. The van der Waals surface area contributed by atoms with Crippen molar-refractivity contribution in [2.24, 2.45) is 0 Å². The summed E-state index contributed by atoms with van der Waals surface area (Å²) < 4.78 is 0. The highest BCUT2D eigenvalue weighted by Crippen LogP contribution is 2.25. The number of quaternary nitrogens is 1. The molecule has 0 amide bonds. The van der Waals surface area contributed by atoms with E-state index in [2.05, 4.69) is 18.8 Å². The van der Waals surface area contributed by atoms with Gasteiger partial charge in [-0.25, -0.2) is 0 Å². The lowest BCUT2D eigenvalue weighted by Crippen LogP contribution is -3.10. The van der Waals surface area contributed by atoms with E-state index in [1.165, 1.54) is 4.90 Å². The third-order valence-corrected chi connectivity index (χ3v) is 3.27. The van der Waals surface area contributed by atoms with Crippen LogP contribution >= 0.6 is 0 Å². The van der Waals surface area contributed by atoms with Gasteiger partial charge in [-0.2, -0.15) is 0 Å². The van der Waals surface area contributed by atoms with E-state index < -0.39 is 0 Å². The first-order chi connectivity index (χ1) is 8.26. The molecule has 2 rings (SSSR count). The molecule has 3 heteroatoms. The Hall–Kier alpha value is -1.61. The van der Waals surface area contributed by atoms with Crippen molar-refractivity contribution in [3.63, 3.8) is 0 Å². The van der Waals surface area contributed by atoms with Crippen LogP contribution in [0.3, 0.4) is 0 Å². The molecular formula is C14H19N2O+. The van der Waals surface area contributed by atoms with Gasteiger partial charge in [0.2, 0.25) is 0 Å². The number of hydrogen-bond donors (Lipinski definition) is 2. The van der Waals surface area contributed by atoms with Crippen molar-refractivity contribution in [3.8, 4) is 5.75 Å². The Bertz CT molecular complexity index is 507. The lowest BCUT2D eigenvalue weighted by atomic mass is 10.1. The van der Waals surface area contributed by atoms with Crippen molar-refractivity contribution in [2.45, 2.75) is 20.4 Å². The number of pyridine rings is 1. The number of phenols is 1. The molecule has 0 aliphatic carbocycles. The Morgan fingerprint density at radius 1 is 1.18 bits per heavy atom. The number of aromatic nitrogens is 1. The lowest BCUT2D eigenvalue weighted by molar-refractivity contribution is -0.910. The summed E-state index contributed by atoms with van der Waals surface area (Å²) in [4.78, 5) is 5.70. The molecular weight excluding hydrogens is 212 g/mol. The Balaban J connectivity index is 2.38. The van der Waals surface area contributed by atoms with E-state index in [0.29, 0.717) is 11.3 Å². The first-order valence-corrected chi connectivity index (χ1v) is 6.15. The molecule has 0 radical (unpaired) electrons.